The van der Waals surface area contributed by atoms with Gasteiger partial charge in [0.1, 0.15) is 23.2 Å². The predicted octanol–water partition coefficient (Wildman–Crippen LogP) is 3.65. The fourth-order valence-electron chi connectivity index (χ4n) is 1.90. The molecule has 2 nitrogen and oxygen atoms in total. The molecule has 0 aliphatic rings. The predicted molar refractivity (Wildman–Crippen MR) is 67.5 cm³/mol. The van der Waals surface area contributed by atoms with Crippen LogP contribution in [-0.2, 0) is 0 Å². The Labute approximate surface area is 113 Å². The molecule has 0 saturated carbocycles. The van der Waals surface area contributed by atoms with Crippen molar-refractivity contribution in [1.82, 2.24) is 0 Å². The number of hydrogen-bond acceptors (Lipinski definition) is 2. The number of hydrogen-bond donors (Lipinski definition) is 0. The number of benzene rings is 2. The van der Waals surface area contributed by atoms with E-state index in [2.05, 4.69) is 0 Å². The maximum Gasteiger partial charge on any atom is 0.199 e. The highest BCUT2D eigenvalue weighted by atomic mass is 19.1. The van der Waals surface area contributed by atoms with Crippen LogP contribution in [0.4, 0.5) is 13.2 Å². The molecule has 0 aliphatic heterocycles. The van der Waals surface area contributed by atoms with Gasteiger partial charge in [-0.05, 0) is 30.7 Å². The van der Waals surface area contributed by atoms with Gasteiger partial charge in [-0.2, -0.15) is 0 Å². The second kappa shape index (κ2) is 5.36. The molecule has 0 aromatic heterocycles. The molecule has 20 heavy (non-hydrogen) atoms. The first-order chi connectivity index (χ1) is 9.42. The van der Waals surface area contributed by atoms with Crippen LogP contribution in [0.1, 0.15) is 21.5 Å². The SMILES string of the molecule is COc1cc(F)c(C(=O)c2cc(C)cc(F)c2)c(F)c1. The standard InChI is InChI=1S/C15H11F3O2/c1-8-3-9(5-10(16)4-8)15(19)14-12(17)6-11(20-2)7-13(14)18/h3-7H,1-2H3. The fourth-order valence-corrected chi connectivity index (χ4v) is 1.90. The molecule has 0 fully saturated rings. The van der Waals surface area contributed by atoms with E-state index in [-0.39, 0.29) is 11.3 Å². The zero-order chi connectivity index (χ0) is 14.9. The van der Waals surface area contributed by atoms with Gasteiger partial charge in [0.25, 0.3) is 0 Å². The van der Waals surface area contributed by atoms with Gasteiger partial charge in [0.2, 0.25) is 0 Å². The molecule has 2 aromatic carbocycles. The molecule has 0 saturated heterocycles. The largest absolute Gasteiger partial charge is 0.497 e. The first-order valence-electron chi connectivity index (χ1n) is 5.77. The number of halogens is 3. The second-order valence-electron chi connectivity index (χ2n) is 4.31. The summed E-state index contributed by atoms with van der Waals surface area (Å²) in [6.45, 7) is 1.58. The molecule has 2 aromatic rings. The Morgan fingerprint density at radius 3 is 2.10 bits per heavy atom. The maximum atomic E-state index is 13.8. The molecule has 0 unspecified atom stereocenters. The Kier molecular flexibility index (Phi) is 3.79. The number of carbonyl (C=O) groups excluding carboxylic acids is 1. The van der Waals surface area contributed by atoms with Crippen LogP contribution >= 0.6 is 0 Å². The molecular formula is C15H11F3O2. The lowest BCUT2D eigenvalue weighted by Crippen LogP contribution is -2.08. The van der Waals surface area contributed by atoms with Gasteiger partial charge in [-0.25, -0.2) is 13.2 Å². The summed E-state index contributed by atoms with van der Waals surface area (Å²) in [6.07, 6.45) is 0. The molecule has 0 atom stereocenters. The van der Waals surface area contributed by atoms with Crippen molar-refractivity contribution in [2.75, 3.05) is 7.11 Å². The minimum atomic E-state index is -1.05. The van der Waals surface area contributed by atoms with Crippen LogP contribution in [0.15, 0.2) is 30.3 Å². The van der Waals surface area contributed by atoms with E-state index in [9.17, 15) is 18.0 Å². The fraction of sp³-hybridized carbons (Fsp3) is 0.133. The van der Waals surface area contributed by atoms with E-state index in [4.69, 9.17) is 4.74 Å². The maximum absolute atomic E-state index is 13.8. The van der Waals surface area contributed by atoms with Crippen LogP contribution in [0, 0.1) is 24.4 Å². The summed E-state index contributed by atoms with van der Waals surface area (Å²) in [5.74, 6) is -3.68. The lowest BCUT2D eigenvalue weighted by atomic mass is 10.0. The summed E-state index contributed by atoms with van der Waals surface area (Å²) in [6, 6.07) is 5.34. The second-order valence-corrected chi connectivity index (χ2v) is 4.31. The molecule has 0 aliphatic carbocycles. The van der Waals surface area contributed by atoms with Crippen molar-refractivity contribution in [3.8, 4) is 5.75 Å². The third-order valence-electron chi connectivity index (χ3n) is 2.78. The van der Waals surface area contributed by atoms with E-state index in [1.54, 1.807) is 6.92 Å². The zero-order valence-electron chi connectivity index (χ0n) is 10.8. The van der Waals surface area contributed by atoms with E-state index in [1.165, 1.54) is 19.2 Å². The zero-order valence-corrected chi connectivity index (χ0v) is 10.8. The van der Waals surface area contributed by atoms with Crippen LogP contribution in [-0.4, -0.2) is 12.9 Å². The molecule has 0 amide bonds. The average molecular weight is 280 g/mol. The normalized spacial score (nSPS) is 10.4. The molecule has 0 heterocycles. The van der Waals surface area contributed by atoms with Gasteiger partial charge in [-0.3, -0.25) is 4.79 Å². The number of carbonyl (C=O) groups is 1. The van der Waals surface area contributed by atoms with Crippen LogP contribution in [0.2, 0.25) is 0 Å². The van der Waals surface area contributed by atoms with Gasteiger partial charge < -0.3 is 4.74 Å². The lowest BCUT2D eigenvalue weighted by Gasteiger charge is -2.08. The molecule has 104 valence electrons. The quantitative estimate of drug-likeness (QED) is 0.802. The number of rotatable bonds is 3. The van der Waals surface area contributed by atoms with Gasteiger partial charge >= 0.3 is 0 Å². The van der Waals surface area contributed by atoms with E-state index in [1.807, 2.05) is 0 Å². The van der Waals surface area contributed by atoms with Crippen molar-refractivity contribution in [3.05, 3.63) is 64.5 Å². The Hall–Kier alpha value is -2.30. The summed E-state index contributed by atoms with van der Waals surface area (Å²) >= 11 is 0. The van der Waals surface area contributed by atoms with Crippen molar-refractivity contribution in [2.24, 2.45) is 0 Å². The highest BCUT2D eigenvalue weighted by Crippen LogP contribution is 2.23. The minimum Gasteiger partial charge on any atom is -0.497 e. The summed E-state index contributed by atoms with van der Waals surface area (Å²) in [5, 5.41) is 0. The van der Waals surface area contributed by atoms with Crippen molar-refractivity contribution in [2.45, 2.75) is 6.92 Å². The van der Waals surface area contributed by atoms with E-state index in [0.29, 0.717) is 5.56 Å². The Morgan fingerprint density at radius 2 is 1.60 bits per heavy atom. The van der Waals surface area contributed by atoms with E-state index < -0.39 is 28.8 Å². The van der Waals surface area contributed by atoms with Gasteiger partial charge in [0.15, 0.2) is 5.78 Å². The number of methoxy groups -OCH3 is 1. The number of ketones is 1. The molecule has 2 rings (SSSR count). The highest BCUT2D eigenvalue weighted by molar-refractivity contribution is 6.09. The van der Waals surface area contributed by atoms with Crippen molar-refractivity contribution >= 4 is 5.78 Å². The van der Waals surface area contributed by atoms with Crippen LogP contribution < -0.4 is 4.74 Å². The Balaban J connectivity index is 2.53. The van der Waals surface area contributed by atoms with Crippen molar-refractivity contribution < 1.29 is 22.7 Å². The van der Waals surface area contributed by atoms with Crippen LogP contribution in [0.25, 0.3) is 0 Å². The number of ether oxygens (including phenoxy) is 1. The molecule has 5 heteroatoms. The summed E-state index contributed by atoms with van der Waals surface area (Å²) in [4.78, 5) is 12.1. The topological polar surface area (TPSA) is 26.3 Å². The van der Waals surface area contributed by atoms with Crippen molar-refractivity contribution in [1.29, 1.82) is 0 Å². The van der Waals surface area contributed by atoms with Gasteiger partial charge in [-0.1, -0.05) is 0 Å². The van der Waals surface area contributed by atoms with Crippen LogP contribution in [0.5, 0.6) is 5.75 Å². The third kappa shape index (κ3) is 2.66. The van der Waals surface area contributed by atoms with Gasteiger partial charge in [0, 0.05) is 17.7 Å². The minimum absolute atomic E-state index is 0.0352. The summed E-state index contributed by atoms with van der Waals surface area (Å²) < 4.78 is 45.6. The highest BCUT2D eigenvalue weighted by Gasteiger charge is 2.21. The first-order valence-corrected chi connectivity index (χ1v) is 5.77. The Morgan fingerprint density at radius 1 is 1.00 bits per heavy atom. The molecule has 0 bridgehead atoms. The lowest BCUT2D eigenvalue weighted by molar-refractivity contribution is 0.103. The monoisotopic (exact) mass is 280 g/mol. The molecule has 0 spiro atoms. The van der Waals surface area contributed by atoms with Gasteiger partial charge in [-0.15, -0.1) is 0 Å². The van der Waals surface area contributed by atoms with E-state index in [0.717, 1.165) is 18.2 Å². The Bertz CT molecular complexity index is 638. The third-order valence-corrected chi connectivity index (χ3v) is 2.78. The molecule has 0 radical (unpaired) electrons. The summed E-state index contributed by atoms with van der Waals surface area (Å²) in [5.41, 5.74) is -0.344. The number of aryl methyl sites for hydroxylation is 1. The first kappa shape index (κ1) is 14.1. The van der Waals surface area contributed by atoms with Crippen LogP contribution in [0.3, 0.4) is 0 Å². The van der Waals surface area contributed by atoms with Crippen molar-refractivity contribution in [3.63, 3.8) is 0 Å². The van der Waals surface area contributed by atoms with Gasteiger partial charge in [0.05, 0.1) is 12.7 Å². The smallest absolute Gasteiger partial charge is 0.199 e. The summed E-state index contributed by atoms with van der Waals surface area (Å²) in [7, 11) is 1.26. The molecular weight excluding hydrogens is 269 g/mol. The molecule has 0 N–H and O–H groups in total. The van der Waals surface area contributed by atoms with E-state index >= 15 is 0 Å². The average Bonchev–Trinajstić information content (AvgIpc) is 2.36.